The van der Waals surface area contributed by atoms with Gasteiger partial charge in [0.1, 0.15) is 6.04 Å². The van der Waals surface area contributed by atoms with Crippen LogP contribution in [0.1, 0.15) is 39.5 Å². The first-order valence-corrected chi connectivity index (χ1v) is 6.24. The summed E-state index contributed by atoms with van der Waals surface area (Å²) in [6, 6.07) is 0.148. The van der Waals surface area contributed by atoms with Crippen molar-refractivity contribution in [2.45, 2.75) is 51.6 Å². The number of carbonyl (C=O) groups is 1. The number of aliphatic hydroxyl groups is 1. The summed E-state index contributed by atoms with van der Waals surface area (Å²) in [5.74, 6) is -0.146. The zero-order valence-corrected chi connectivity index (χ0v) is 10.3. The Bertz CT molecular complexity index is 218. The van der Waals surface area contributed by atoms with E-state index in [1.807, 2.05) is 13.8 Å². The molecule has 1 N–H and O–H groups in total. The average Bonchev–Trinajstić information content (AvgIpc) is 2.29. The van der Waals surface area contributed by atoms with E-state index in [-0.39, 0.29) is 18.6 Å². The number of piperidine rings is 1. The molecule has 0 aromatic rings. The van der Waals surface area contributed by atoms with Crippen LogP contribution < -0.4 is 0 Å². The molecule has 1 aliphatic heterocycles. The molecule has 1 heterocycles. The Labute approximate surface area is 97.6 Å². The van der Waals surface area contributed by atoms with Crippen molar-refractivity contribution in [3.05, 3.63) is 0 Å². The zero-order valence-electron chi connectivity index (χ0n) is 10.3. The summed E-state index contributed by atoms with van der Waals surface area (Å²) in [7, 11) is 0. The molecule has 2 atom stereocenters. The Morgan fingerprint density at radius 1 is 1.56 bits per heavy atom. The summed E-state index contributed by atoms with van der Waals surface area (Å²) in [6.07, 6.45) is 4.15. The van der Waals surface area contributed by atoms with E-state index < -0.39 is 0 Å². The molecule has 1 saturated heterocycles. The Balaban J connectivity index is 2.55. The van der Waals surface area contributed by atoms with E-state index in [1.165, 1.54) is 6.42 Å². The molecule has 0 radical (unpaired) electrons. The van der Waals surface area contributed by atoms with Gasteiger partial charge in [0.15, 0.2) is 0 Å². The Morgan fingerprint density at radius 3 is 2.94 bits per heavy atom. The number of ether oxygens (including phenoxy) is 1. The van der Waals surface area contributed by atoms with Crippen LogP contribution in [0.4, 0.5) is 0 Å². The predicted octanol–water partition coefficient (Wildman–Crippen LogP) is 1.17. The van der Waals surface area contributed by atoms with Crippen LogP contribution in [-0.4, -0.2) is 47.8 Å². The molecule has 94 valence electrons. The number of hydrogen-bond acceptors (Lipinski definition) is 4. The van der Waals surface area contributed by atoms with E-state index in [0.29, 0.717) is 12.6 Å². The summed E-state index contributed by atoms with van der Waals surface area (Å²) in [5.41, 5.74) is 0. The molecule has 0 amide bonds. The molecular weight excluding hydrogens is 206 g/mol. The van der Waals surface area contributed by atoms with Gasteiger partial charge in [-0.25, -0.2) is 0 Å². The number of rotatable bonds is 5. The van der Waals surface area contributed by atoms with Gasteiger partial charge in [0.2, 0.25) is 0 Å². The lowest BCUT2D eigenvalue weighted by Gasteiger charge is -2.38. The highest BCUT2D eigenvalue weighted by Crippen LogP contribution is 2.22. The summed E-state index contributed by atoms with van der Waals surface area (Å²) in [6.45, 7) is 5.28. The summed E-state index contributed by atoms with van der Waals surface area (Å²) < 4.78 is 5.04. The SMILES string of the molecule is CCOC(=O)C(C)N1CCCCC1CCO. The summed E-state index contributed by atoms with van der Waals surface area (Å²) in [4.78, 5) is 13.8. The second-order valence-corrected chi connectivity index (χ2v) is 4.33. The Morgan fingerprint density at radius 2 is 2.31 bits per heavy atom. The quantitative estimate of drug-likeness (QED) is 0.719. The van der Waals surface area contributed by atoms with Gasteiger partial charge in [-0.15, -0.1) is 0 Å². The molecule has 4 nitrogen and oxygen atoms in total. The van der Waals surface area contributed by atoms with Gasteiger partial charge in [0.05, 0.1) is 6.61 Å². The van der Waals surface area contributed by atoms with Crippen LogP contribution in [0.5, 0.6) is 0 Å². The third-order valence-corrected chi connectivity index (χ3v) is 3.26. The maximum Gasteiger partial charge on any atom is 0.323 e. The largest absolute Gasteiger partial charge is 0.465 e. The first-order chi connectivity index (χ1) is 7.70. The highest BCUT2D eigenvalue weighted by Gasteiger charge is 2.30. The molecule has 0 aliphatic carbocycles. The lowest BCUT2D eigenvalue weighted by atomic mass is 9.98. The van der Waals surface area contributed by atoms with Gasteiger partial charge in [-0.05, 0) is 39.7 Å². The zero-order chi connectivity index (χ0) is 12.0. The van der Waals surface area contributed by atoms with Gasteiger partial charge in [0, 0.05) is 12.6 Å². The highest BCUT2D eigenvalue weighted by molar-refractivity contribution is 5.75. The van der Waals surface area contributed by atoms with E-state index in [4.69, 9.17) is 9.84 Å². The van der Waals surface area contributed by atoms with Crippen molar-refractivity contribution >= 4 is 5.97 Å². The molecular formula is C12H23NO3. The van der Waals surface area contributed by atoms with Crippen molar-refractivity contribution < 1.29 is 14.6 Å². The molecule has 0 aromatic carbocycles. The third kappa shape index (κ3) is 3.46. The number of likely N-dealkylation sites (tertiary alicyclic amines) is 1. The molecule has 1 aliphatic rings. The molecule has 4 heteroatoms. The normalized spacial score (nSPS) is 24.1. The van der Waals surface area contributed by atoms with E-state index >= 15 is 0 Å². The predicted molar refractivity (Wildman–Crippen MR) is 62.1 cm³/mol. The minimum Gasteiger partial charge on any atom is -0.465 e. The molecule has 0 aromatic heterocycles. The van der Waals surface area contributed by atoms with Gasteiger partial charge in [0.25, 0.3) is 0 Å². The minimum absolute atomic E-state index is 0.146. The van der Waals surface area contributed by atoms with Crippen LogP contribution in [0.2, 0.25) is 0 Å². The fourth-order valence-electron chi connectivity index (χ4n) is 2.39. The maximum absolute atomic E-state index is 11.7. The van der Waals surface area contributed by atoms with Gasteiger partial charge >= 0.3 is 5.97 Å². The standard InChI is InChI=1S/C12H23NO3/c1-3-16-12(15)10(2)13-8-5-4-6-11(13)7-9-14/h10-11,14H,3-9H2,1-2H3. The second-order valence-electron chi connectivity index (χ2n) is 4.33. The van der Waals surface area contributed by atoms with Gasteiger partial charge in [-0.2, -0.15) is 0 Å². The van der Waals surface area contributed by atoms with Crippen LogP contribution in [-0.2, 0) is 9.53 Å². The Kier molecular flexibility index (Phi) is 5.77. The average molecular weight is 229 g/mol. The van der Waals surface area contributed by atoms with Gasteiger partial charge in [-0.3, -0.25) is 9.69 Å². The fourth-order valence-corrected chi connectivity index (χ4v) is 2.39. The molecule has 0 spiro atoms. The molecule has 1 fully saturated rings. The smallest absolute Gasteiger partial charge is 0.323 e. The topological polar surface area (TPSA) is 49.8 Å². The first-order valence-electron chi connectivity index (χ1n) is 6.24. The monoisotopic (exact) mass is 229 g/mol. The number of nitrogens with zero attached hydrogens (tertiary/aromatic N) is 1. The van der Waals surface area contributed by atoms with Crippen molar-refractivity contribution in [2.75, 3.05) is 19.8 Å². The van der Waals surface area contributed by atoms with Crippen molar-refractivity contribution in [1.29, 1.82) is 0 Å². The number of aliphatic hydroxyl groups excluding tert-OH is 1. The van der Waals surface area contributed by atoms with Crippen molar-refractivity contribution in [3.8, 4) is 0 Å². The molecule has 0 bridgehead atoms. The third-order valence-electron chi connectivity index (χ3n) is 3.26. The van der Waals surface area contributed by atoms with Gasteiger partial charge in [-0.1, -0.05) is 6.42 Å². The van der Waals surface area contributed by atoms with E-state index in [2.05, 4.69) is 4.90 Å². The summed E-state index contributed by atoms with van der Waals surface area (Å²) >= 11 is 0. The number of esters is 1. The lowest BCUT2D eigenvalue weighted by molar-refractivity contribution is -0.150. The van der Waals surface area contributed by atoms with Crippen molar-refractivity contribution in [3.63, 3.8) is 0 Å². The lowest BCUT2D eigenvalue weighted by Crippen LogP contribution is -2.49. The van der Waals surface area contributed by atoms with Crippen LogP contribution in [0.15, 0.2) is 0 Å². The van der Waals surface area contributed by atoms with E-state index in [9.17, 15) is 4.79 Å². The number of carbonyl (C=O) groups excluding carboxylic acids is 1. The van der Waals surface area contributed by atoms with Crippen LogP contribution in [0, 0.1) is 0 Å². The Hall–Kier alpha value is -0.610. The second kappa shape index (κ2) is 6.86. The molecule has 1 rings (SSSR count). The van der Waals surface area contributed by atoms with E-state index in [0.717, 1.165) is 25.8 Å². The van der Waals surface area contributed by atoms with Crippen LogP contribution >= 0.6 is 0 Å². The first kappa shape index (κ1) is 13.5. The summed E-state index contributed by atoms with van der Waals surface area (Å²) in [5, 5.41) is 9.02. The van der Waals surface area contributed by atoms with Crippen molar-refractivity contribution in [2.24, 2.45) is 0 Å². The minimum atomic E-state index is -0.184. The van der Waals surface area contributed by atoms with Gasteiger partial charge < -0.3 is 9.84 Å². The maximum atomic E-state index is 11.7. The molecule has 16 heavy (non-hydrogen) atoms. The van der Waals surface area contributed by atoms with Crippen molar-refractivity contribution in [1.82, 2.24) is 4.90 Å². The molecule has 2 unspecified atom stereocenters. The fraction of sp³-hybridized carbons (Fsp3) is 0.917. The number of hydrogen-bond donors (Lipinski definition) is 1. The molecule has 0 saturated carbocycles. The highest BCUT2D eigenvalue weighted by atomic mass is 16.5. The van der Waals surface area contributed by atoms with Crippen LogP contribution in [0.3, 0.4) is 0 Å². The van der Waals surface area contributed by atoms with Crippen LogP contribution in [0.25, 0.3) is 0 Å². The van der Waals surface area contributed by atoms with E-state index in [1.54, 1.807) is 0 Å².